The maximum Gasteiger partial charge on any atom is 0.338 e. The normalized spacial score (nSPS) is 25.5. The van der Waals surface area contributed by atoms with Gasteiger partial charge in [-0.15, -0.1) is 0 Å². The lowest BCUT2D eigenvalue weighted by molar-refractivity contribution is -0.144. The molecule has 1 fully saturated rings. The van der Waals surface area contributed by atoms with Crippen LogP contribution in [0.5, 0.6) is 0 Å². The Balaban J connectivity index is 1.90. The summed E-state index contributed by atoms with van der Waals surface area (Å²) in [6, 6.07) is 5.65. The van der Waals surface area contributed by atoms with Crippen LogP contribution in [0.1, 0.15) is 25.3 Å². The van der Waals surface area contributed by atoms with Crippen molar-refractivity contribution >= 4 is 17.1 Å². The molecule has 0 aliphatic carbocycles. The standard InChI is InChI=1S/C14H15NO4/c1-4-17-13(16)12-14(3,19-12)9-5-6-10-11(7-9)18-8(2)15-10/h5-7,12H,4H2,1-3H3. The first-order valence-electron chi connectivity index (χ1n) is 6.26. The quantitative estimate of drug-likeness (QED) is 0.626. The molecule has 2 unspecified atom stereocenters. The molecular weight excluding hydrogens is 246 g/mol. The number of carbonyl (C=O) groups excluding carboxylic acids is 1. The van der Waals surface area contributed by atoms with E-state index in [2.05, 4.69) is 4.98 Å². The molecular formula is C14H15NO4. The van der Waals surface area contributed by atoms with Gasteiger partial charge in [0.15, 0.2) is 17.6 Å². The first-order valence-corrected chi connectivity index (χ1v) is 6.26. The molecule has 0 N–H and O–H groups in total. The zero-order chi connectivity index (χ0) is 13.6. The Hall–Kier alpha value is -1.88. The van der Waals surface area contributed by atoms with Gasteiger partial charge < -0.3 is 13.9 Å². The lowest BCUT2D eigenvalue weighted by Crippen LogP contribution is -2.18. The van der Waals surface area contributed by atoms with Crippen LogP contribution in [0.2, 0.25) is 0 Å². The first-order chi connectivity index (χ1) is 9.04. The predicted octanol–water partition coefficient (Wildman–Crippen LogP) is 2.31. The Bertz CT molecular complexity index is 648. The second-order valence-corrected chi connectivity index (χ2v) is 4.77. The Kier molecular flexibility index (Phi) is 2.60. The van der Waals surface area contributed by atoms with Crippen LogP contribution in [0, 0.1) is 6.92 Å². The fourth-order valence-corrected chi connectivity index (χ4v) is 2.27. The molecule has 1 aliphatic rings. The van der Waals surface area contributed by atoms with E-state index >= 15 is 0 Å². The van der Waals surface area contributed by atoms with Gasteiger partial charge in [-0.3, -0.25) is 0 Å². The summed E-state index contributed by atoms with van der Waals surface area (Å²) in [5.74, 6) is 0.301. The minimum atomic E-state index is -0.624. The van der Waals surface area contributed by atoms with Gasteiger partial charge in [-0.25, -0.2) is 9.78 Å². The highest BCUT2D eigenvalue weighted by Gasteiger charge is 2.59. The molecule has 0 radical (unpaired) electrons. The van der Waals surface area contributed by atoms with Crippen molar-refractivity contribution in [3.8, 4) is 0 Å². The molecule has 1 saturated heterocycles. The summed E-state index contributed by atoms with van der Waals surface area (Å²) in [4.78, 5) is 15.9. The number of aryl methyl sites for hydroxylation is 1. The van der Waals surface area contributed by atoms with E-state index < -0.39 is 11.7 Å². The van der Waals surface area contributed by atoms with Crippen molar-refractivity contribution in [2.45, 2.75) is 32.5 Å². The van der Waals surface area contributed by atoms with E-state index in [0.717, 1.165) is 11.1 Å². The number of hydrogen-bond acceptors (Lipinski definition) is 5. The second-order valence-electron chi connectivity index (χ2n) is 4.77. The van der Waals surface area contributed by atoms with E-state index in [-0.39, 0.29) is 5.97 Å². The summed E-state index contributed by atoms with van der Waals surface area (Å²) >= 11 is 0. The number of fused-ring (bicyclic) bond motifs is 1. The van der Waals surface area contributed by atoms with Crippen LogP contribution in [0.4, 0.5) is 0 Å². The summed E-state index contributed by atoms with van der Waals surface area (Å²) in [5, 5.41) is 0. The Morgan fingerprint density at radius 3 is 3.05 bits per heavy atom. The molecule has 0 saturated carbocycles. The van der Waals surface area contributed by atoms with E-state index in [0.29, 0.717) is 18.1 Å². The number of epoxide rings is 1. The summed E-state index contributed by atoms with van der Waals surface area (Å²) in [6.07, 6.45) is -0.533. The predicted molar refractivity (Wildman–Crippen MR) is 67.6 cm³/mol. The van der Waals surface area contributed by atoms with E-state index in [1.807, 2.05) is 25.1 Å². The summed E-state index contributed by atoms with van der Waals surface area (Å²) in [5.41, 5.74) is 1.78. The van der Waals surface area contributed by atoms with Crippen molar-refractivity contribution in [1.29, 1.82) is 0 Å². The van der Waals surface area contributed by atoms with Crippen LogP contribution < -0.4 is 0 Å². The van der Waals surface area contributed by atoms with Crippen LogP contribution >= 0.6 is 0 Å². The van der Waals surface area contributed by atoms with Crippen LogP contribution in [0.15, 0.2) is 22.6 Å². The number of carbonyl (C=O) groups is 1. The second kappa shape index (κ2) is 4.06. The molecule has 2 atom stereocenters. The molecule has 1 aromatic heterocycles. The topological polar surface area (TPSA) is 64.9 Å². The minimum Gasteiger partial charge on any atom is -0.464 e. The molecule has 1 aromatic carbocycles. The average molecular weight is 261 g/mol. The summed E-state index contributed by atoms with van der Waals surface area (Å²) in [7, 11) is 0. The van der Waals surface area contributed by atoms with Gasteiger partial charge >= 0.3 is 5.97 Å². The molecule has 5 heteroatoms. The van der Waals surface area contributed by atoms with Gasteiger partial charge in [0.1, 0.15) is 11.1 Å². The van der Waals surface area contributed by atoms with E-state index in [1.165, 1.54) is 0 Å². The molecule has 3 rings (SSSR count). The monoisotopic (exact) mass is 261 g/mol. The van der Waals surface area contributed by atoms with E-state index in [1.54, 1.807) is 13.8 Å². The average Bonchev–Trinajstić information content (AvgIpc) is 2.92. The van der Waals surface area contributed by atoms with Crippen LogP contribution in [0.3, 0.4) is 0 Å². The van der Waals surface area contributed by atoms with Crippen LogP contribution in [-0.2, 0) is 19.9 Å². The molecule has 0 amide bonds. The highest BCUT2D eigenvalue weighted by atomic mass is 16.7. The van der Waals surface area contributed by atoms with Gasteiger partial charge in [0, 0.05) is 6.92 Å². The van der Waals surface area contributed by atoms with Crippen LogP contribution in [0.25, 0.3) is 11.1 Å². The number of hydrogen-bond donors (Lipinski definition) is 0. The molecule has 1 aliphatic heterocycles. The third-order valence-corrected chi connectivity index (χ3v) is 3.37. The molecule has 100 valence electrons. The molecule has 19 heavy (non-hydrogen) atoms. The van der Waals surface area contributed by atoms with Crippen molar-refractivity contribution in [2.75, 3.05) is 6.61 Å². The van der Waals surface area contributed by atoms with Gasteiger partial charge in [-0.05, 0) is 31.5 Å². The molecule has 0 bridgehead atoms. The number of esters is 1. The highest BCUT2D eigenvalue weighted by molar-refractivity contribution is 5.81. The lowest BCUT2D eigenvalue weighted by Gasteiger charge is -2.06. The van der Waals surface area contributed by atoms with Crippen molar-refractivity contribution in [2.24, 2.45) is 0 Å². The van der Waals surface area contributed by atoms with Gasteiger partial charge in [-0.2, -0.15) is 0 Å². The fourth-order valence-electron chi connectivity index (χ4n) is 2.27. The minimum absolute atomic E-state index is 0.321. The fraction of sp³-hybridized carbons (Fsp3) is 0.429. The number of oxazole rings is 1. The molecule has 2 aromatic rings. The Labute approximate surface area is 110 Å². The number of nitrogens with zero attached hydrogens (tertiary/aromatic N) is 1. The van der Waals surface area contributed by atoms with Crippen molar-refractivity contribution in [1.82, 2.24) is 4.98 Å². The van der Waals surface area contributed by atoms with Gasteiger partial charge in [0.05, 0.1) is 6.61 Å². The third kappa shape index (κ3) is 1.90. The van der Waals surface area contributed by atoms with Gasteiger partial charge in [0.25, 0.3) is 0 Å². The maximum absolute atomic E-state index is 11.7. The number of aromatic nitrogens is 1. The summed E-state index contributed by atoms with van der Waals surface area (Å²) < 4.78 is 16.0. The maximum atomic E-state index is 11.7. The summed E-state index contributed by atoms with van der Waals surface area (Å²) in [6.45, 7) is 5.81. The number of ether oxygens (including phenoxy) is 2. The SMILES string of the molecule is CCOC(=O)C1OC1(C)c1ccc2nc(C)oc2c1. The number of benzene rings is 1. The van der Waals surface area contributed by atoms with Gasteiger partial charge in [-0.1, -0.05) is 6.07 Å². The molecule has 5 nitrogen and oxygen atoms in total. The van der Waals surface area contributed by atoms with E-state index in [9.17, 15) is 4.79 Å². The zero-order valence-electron chi connectivity index (χ0n) is 11.1. The molecule has 2 heterocycles. The number of rotatable bonds is 3. The Morgan fingerprint density at radius 1 is 1.53 bits per heavy atom. The highest BCUT2D eigenvalue weighted by Crippen LogP contribution is 2.47. The molecule has 0 spiro atoms. The van der Waals surface area contributed by atoms with Crippen molar-refractivity contribution < 1.29 is 18.7 Å². The largest absolute Gasteiger partial charge is 0.464 e. The zero-order valence-corrected chi connectivity index (χ0v) is 11.1. The van der Waals surface area contributed by atoms with E-state index in [4.69, 9.17) is 13.9 Å². The lowest BCUT2D eigenvalue weighted by atomic mass is 9.97. The smallest absolute Gasteiger partial charge is 0.338 e. The van der Waals surface area contributed by atoms with Crippen LogP contribution in [-0.4, -0.2) is 23.7 Å². The van der Waals surface area contributed by atoms with Crippen molar-refractivity contribution in [3.63, 3.8) is 0 Å². The van der Waals surface area contributed by atoms with Crippen molar-refractivity contribution in [3.05, 3.63) is 29.7 Å². The third-order valence-electron chi connectivity index (χ3n) is 3.37. The Morgan fingerprint density at radius 2 is 2.32 bits per heavy atom. The van der Waals surface area contributed by atoms with Gasteiger partial charge in [0.2, 0.25) is 0 Å². The first kappa shape index (κ1) is 12.2.